The Labute approximate surface area is 190 Å². The largest absolute Gasteiger partial charge is 0.481 e. The van der Waals surface area contributed by atoms with E-state index in [1.165, 1.54) is 6.07 Å². The van der Waals surface area contributed by atoms with Gasteiger partial charge in [-0.2, -0.15) is 0 Å². The molecule has 2 aromatic carbocycles. The maximum Gasteiger partial charge on any atom is 0.307 e. The van der Waals surface area contributed by atoms with E-state index < -0.39 is 27.5 Å². The van der Waals surface area contributed by atoms with Gasteiger partial charge in [-0.15, -0.1) is 11.3 Å². The maximum atomic E-state index is 13.0. The van der Waals surface area contributed by atoms with Crippen LogP contribution in [0.25, 0.3) is 10.9 Å². The first kappa shape index (κ1) is 21.9. The number of rotatable bonds is 6. The molecule has 2 heterocycles. The van der Waals surface area contributed by atoms with Gasteiger partial charge in [-0.3, -0.25) is 4.79 Å². The van der Waals surface area contributed by atoms with Crippen LogP contribution in [0.1, 0.15) is 16.0 Å². The molecule has 162 valence electrons. The Morgan fingerprint density at radius 1 is 1.03 bits per heavy atom. The van der Waals surface area contributed by atoms with Crippen LogP contribution in [0.3, 0.4) is 0 Å². The zero-order chi connectivity index (χ0) is 22.7. The highest BCUT2D eigenvalue weighted by Crippen LogP contribution is 2.27. The van der Waals surface area contributed by atoms with Gasteiger partial charge in [0.1, 0.15) is 4.21 Å². The summed E-state index contributed by atoms with van der Waals surface area (Å²) in [6.45, 7) is 0. The van der Waals surface area contributed by atoms with Crippen molar-refractivity contribution in [1.29, 1.82) is 0 Å². The van der Waals surface area contributed by atoms with E-state index in [-0.39, 0.29) is 10.6 Å². The van der Waals surface area contributed by atoms with E-state index in [1.807, 2.05) is 72.4 Å². The van der Waals surface area contributed by atoms with Gasteiger partial charge in [0.15, 0.2) is 9.84 Å². The van der Waals surface area contributed by atoms with E-state index in [0.717, 1.165) is 33.4 Å². The molecule has 0 bridgehead atoms. The average Bonchev–Trinajstić information content (AvgIpc) is 3.38. The molecule has 0 spiro atoms. The number of aryl methyl sites for hydroxylation is 1. The number of nitrogens with zero attached hydrogens (tertiary/aromatic N) is 1. The average molecular weight is 464 g/mol. The number of carboxylic acids is 1. The number of sulfone groups is 1. The normalized spacial score (nSPS) is 12.3. The summed E-state index contributed by atoms with van der Waals surface area (Å²) >= 11 is 1.07. The second kappa shape index (κ2) is 9.03. The van der Waals surface area contributed by atoms with E-state index in [2.05, 4.69) is 11.8 Å². The van der Waals surface area contributed by atoms with Crippen molar-refractivity contribution in [3.05, 3.63) is 88.9 Å². The van der Waals surface area contributed by atoms with E-state index in [1.54, 1.807) is 6.07 Å². The molecule has 2 aromatic heterocycles. The second-order valence-electron chi connectivity index (χ2n) is 7.54. The molecule has 32 heavy (non-hydrogen) atoms. The van der Waals surface area contributed by atoms with Crippen molar-refractivity contribution in [1.82, 2.24) is 4.57 Å². The fourth-order valence-corrected chi connectivity index (χ4v) is 6.43. The van der Waals surface area contributed by atoms with Gasteiger partial charge in [0.05, 0.1) is 16.5 Å². The van der Waals surface area contributed by atoms with E-state index >= 15 is 0 Å². The van der Waals surface area contributed by atoms with Gasteiger partial charge in [-0.25, -0.2) is 8.42 Å². The smallest absolute Gasteiger partial charge is 0.307 e. The number of aliphatic carboxylic acids is 1. The van der Waals surface area contributed by atoms with Crippen molar-refractivity contribution < 1.29 is 18.3 Å². The second-order valence-corrected chi connectivity index (χ2v) is 10.9. The van der Waals surface area contributed by atoms with Gasteiger partial charge in [0, 0.05) is 29.7 Å². The molecule has 4 rings (SSSR count). The number of fused-ring (bicyclic) bond motifs is 1. The van der Waals surface area contributed by atoms with Crippen LogP contribution in [0.5, 0.6) is 0 Å². The lowest BCUT2D eigenvalue weighted by Crippen LogP contribution is -2.25. The number of para-hydroxylation sites is 1. The van der Waals surface area contributed by atoms with Crippen LogP contribution in [0.15, 0.2) is 77.1 Å². The van der Waals surface area contributed by atoms with Crippen molar-refractivity contribution in [3.63, 3.8) is 0 Å². The number of thiophene rings is 1. The number of aromatic nitrogens is 1. The predicted octanol–water partition coefficient (Wildman–Crippen LogP) is 4.36. The fraction of sp³-hybridized carbons (Fsp3) is 0.160. The molecular formula is C25H21NO4S2. The van der Waals surface area contributed by atoms with E-state index in [0.29, 0.717) is 4.88 Å². The Morgan fingerprint density at radius 2 is 1.75 bits per heavy atom. The molecule has 4 aromatic rings. The number of hydrogen-bond acceptors (Lipinski definition) is 4. The number of carbonyl (C=O) groups is 1. The van der Waals surface area contributed by atoms with Gasteiger partial charge in [-0.05, 0) is 42.3 Å². The van der Waals surface area contributed by atoms with E-state index in [9.17, 15) is 18.3 Å². The van der Waals surface area contributed by atoms with Crippen LogP contribution in [-0.2, 0) is 28.1 Å². The van der Waals surface area contributed by atoms with Crippen LogP contribution in [0.4, 0.5) is 0 Å². The lowest BCUT2D eigenvalue weighted by molar-refractivity contribution is -0.140. The highest BCUT2D eigenvalue weighted by atomic mass is 32.2. The minimum absolute atomic E-state index is 0.138. The molecule has 0 radical (unpaired) electrons. The topological polar surface area (TPSA) is 76.4 Å². The third kappa shape index (κ3) is 4.77. The van der Waals surface area contributed by atoms with Crippen molar-refractivity contribution in [2.75, 3.05) is 5.75 Å². The third-order valence-electron chi connectivity index (χ3n) is 5.21. The first-order valence-corrected chi connectivity index (χ1v) is 12.5. The molecule has 7 heteroatoms. The summed E-state index contributed by atoms with van der Waals surface area (Å²) in [6, 6.07) is 20.3. The SMILES string of the molecule is Cn1cc(C[C@H](CS(=O)(=O)c2ccc(C#Cc3ccccc3)s2)C(=O)O)c2ccccc21. The highest BCUT2D eigenvalue weighted by Gasteiger charge is 2.29. The van der Waals surface area contributed by atoms with Crippen molar-refractivity contribution in [2.45, 2.75) is 10.6 Å². The van der Waals surface area contributed by atoms with Gasteiger partial charge >= 0.3 is 5.97 Å². The Morgan fingerprint density at radius 3 is 2.50 bits per heavy atom. The summed E-state index contributed by atoms with van der Waals surface area (Å²) < 4.78 is 28.0. The standard InChI is InChI=1S/C25H21NO4S2/c1-26-16-19(22-9-5-6-10-23(22)26)15-20(25(27)28)17-32(29,30)24-14-13-21(31-24)12-11-18-7-3-2-4-8-18/h2-10,13-14,16,20H,15,17H2,1H3,(H,27,28)/t20-/m1/s1. The Bertz CT molecular complexity index is 1440. The van der Waals surface area contributed by atoms with Crippen molar-refractivity contribution in [2.24, 2.45) is 13.0 Å². The van der Waals surface area contributed by atoms with Crippen LogP contribution in [-0.4, -0.2) is 29.8 Å². The number of benzene rings is 2. The zero-order valence-electron chi connectivity index (χ0n) is 17.4. The summed E-state index contributed by atoms with van der Waals surface area (Å²) in [5.41, 5.74) is 2.65. The van der Waals surface area contributed by atoms with Gasteiger partial charge in [0.2, 0.25) is 0 Å². The molecule has 1 atom stereocenters. The van der Waals surface area contributed by atoms with Gasteiger partial charge < -0.3 is 9.67 Å². The van der Waals surface area contributed by atoms with Crippen molar-refractivity contribution in [3.8, 4) is 11.8 Å². The summed E-state index contributed by atoms with van der Waals surface area (Å²) in [4.78, 5) is 12.5. The lowest BCUT2D eigenvalue weighted by Gasteiger charge is -2.11. The number of carboxylic acid groups (broad SMARTS) is 1. The summed E-state index contributed by atoms with van der Waals surface area (Å²) in [5.74, 6) is 3.35. The van der Waals surface area contributed by atoms with Gasteiger partial charge in [-0.1, -0.05) is 48.2 Å². The molecule has 0 amide bonds. The third-order valence-corrected chi connectivity index (χ3v) is 8.60. The van der Waals surface area contributed by atoms with Crippen LogP contribution in [0.2, 0.25) is 0 Å². The molecule has 0 saturated carbocycles. The van der Waals surface area contributed by atoms with Crippen LogP contribution < -0.4 is 0 Å². The van der Waals surface area contributed by atoms with Crippen LogP contribution in [0, 0.1) is 17.8 Å². The van der Waals surface area contributed by atoms with Crippen molar-refractivity contribution >= 4 is 38.0 Å². The first-order valence-electron chi connectivity index (χ1n) is 9.99. The first-order chi connectivity index (χ1) is 15.3. The molecule has 0 saturated heterocycles. The lowest BCUT2D eigenvalue weighted by atomic mass is 10.0. The maximum absolute atomic E-state index is 13.0. The zero-order valence-corrected chi connectivity index (χ0v) is 19.0. The molecule has 1 N–H and O–H groups in total. The predicted molar refractivity (Wildman–Crippen MR) is 127 cm³/mol. The van der Waals surface area contributed by atoms with Gasteiger partial charge in [0.25, 0.3) is 0 Å². The summed E-state index contributed by atoms with van der Waals surface area (Å²) in [7, 11) is -1.88. The highest BCUT2D eigenvalue weighted by molar-refractivity contribution is 7.93. The molecule has 0 aliphatic heterocycles. The molecular weight excluding hydrogens is 442 g/mol. The number of hydrogen-bond donors (Lipinski definition) is 1. The summed E-state index contributed by atoms with van der Waals surface area (Å²) in [6.07, 6.45) is 2.01. The monoisotopic (exact) mass is 463 g/mol. The Hall–Kier alpha value is -3.34. The Balaban J connectivity index is 1.55. The molecule has 0 aliphatic carbocycles. The summed E-state index contributed by atoms with van der Waals surface area (Å²) in [5, 5.41) is 10.7. The fourth-order valence-electron chi connectivity index (χ4n) is 3.63. The molecule has 0 aliphatic rings. The van der Waals surface area contributed by atoms with Crippen LogP contribution >= 0.6 is 11.3 Å². The Kier molecular flexibility index (Phi) is 6.17. The minimum Gasteiger partial charge on any atom is -0.481 e. The molecule has 0 fully saturated rings. The minimum atomic E-state index is -3.77. The molecule has 0 unspecified atom stereocenters. The van der Waals surface area contributed by atoms with E-state index in [4.69, 9.17) is 0 Å². The quantitative estimate of drug-likeness (QED) is 0.431. The molecule has 5 nitrogen and oxygen atoms in total.